The van der Waals surface area contributed by atoms with E-state index < -0.39 is 0 Å². The van der Waals surface area contributed by atoms with Crippen molar-refractivity contribution in [2.24, 2.45) is 5.92 Å². The Morgan fingerprint density at radius 3 is 2.73 bits per heavy atom. The summed E-state index contributed by atoms with van der Waals surface area (Å²) in [7, 11) is 0. The predicted molar refractivity (Wildman–Crippen MR) is 64.4 cm³/mol. The largest absolute Gasteiger partial charge is 0.351 e. The second-order valence-corrected chi connectivity index (χ2v) is 4.37. The van der Waals surface area contributed by atoms with Gasteiger partial charge in [-0.15, -0.1) is 11.6 Å². The van der Waals surface area contributed by atoms with Crippen molar-refractivity contribution in [1.29, 1.82) is 0 Å². The highest BCUT2D eigenvalue weighted by Crippen LogP contribution is 2.12. The zero-order chi connectivity index (χ0) is 11.3. The molecule has 1 heterocycles. The Bertz CT molecular complexity index is 302. The van der Waals surface area contributed by atoms with E-state index in [0.717, 1.165) is 12.1 Å². The molecule has 0 aliphatic heterocycles. The van der Waals surface area contributed by atoms with Crippen LogP contribution in [-0.4, -0.2) is 21.9 Å². The standard InChI is InChI=1S/C11H18ClN3/c1-8(2)10(4-6-12)15-11-13-7-5-9(3)14-11/h5,7-8,10H,4,6H2,1-3H3,(H,13,14,15). The first kappa shape index (κ1) is 12.2. The van der Waals surface area contributed by atoms with E-state index in [1.165, 1.54) is 0 Å². The molecule has 0 spiro atoms. The molecule has 0 aromatic carbocycles. The second-order valence-electron chi connectivity index (χ2n) is 3.99. The van der Waals surface area contributed by atoms with Gasteiger partial charge in [-0.05, 0) is 25.3 Å². The Morgan fingerprint density at radius 2 is 2.20 bits per heavy atom. The third-order valence-corrected chi connectivity index (χ3v) is 2.55. The highest BCUT2D eigenvalue weighted by Gasteiger charge is 2.13. The van der Waals surface area contributed by atoms with Crippen LogP contribution in [0.15, 0.2) is 12.3 Å². The van der Waals surface area contributed by atoms with Crippen LogP contribution in [0.3, 0.4) is 0 Å². The molecule has 0 fully saturated rings. The van der Waals surface area contributed by atoms with E-state index in [2.05, 4.69) is 29.1 Å². The summed E-state index contributed by atoms with van der Waals surface area (Å²) in [5.74, 6) is 1.87. The van der Waals surface area contributed by atoms with Crippen LogP contribution in [-0.2, 0) is 0 Å². The molecule has 1 unspecified atom stereocenters. The number of hydrogen-bond acceptors (Lipinski definition) is 3. The molecule has 0 bridgehead atoms. The van der Waals surface area contributed by atoms with Crippen molar-refractivity contribution in [1.82, 2.24) is 9.97 Å². The van der Waals surface area contributed by atoms with Crippen LogP contribution >= 0.6 is 11.6 Å². The first-order chi connectivity index (χ1) is 7.13. The Labute approximate surface area is 96.3 Å². The van der Waals surface area contributed by atoms with E-state index in [4.69, 9.17) is 11.6 Å². The SMILES string of the molecule is Cc1ccnc(NC(CCCl)C(C)C)n1. The van der Waals surface area contributed by atoms with Crippen LogP contribution in [0.4, 0.5) is 5.95 Å². The molecular weight excluding hydrogens is 210 g/mol. The highest BCUT2D eigenvalue weighted by molar-refractivity contribution is 6.17. The van der Waals surface area contributed by atoms with Crippen LogP contribution in [0, 0.1) is 12.8 Å². The lowest BCUT2D eigenvalue weighted by Gasteiger charge is -2.21. The lowest BCUT2D eigenvalue weighted by molar-refractivity contribution is 0.510. The van der Waals surface area contributed by atoms with E-state index >= 15 is 0 Å². The molecule has 0 aliphatic carbocycles. The van der Waals surface area contributed by atoms with Gasteiger partial charge in [0, 0.05) is 23.8 Å². The fourth-order valence-corrected chi connectivity index (χ4v) is 1.61. The number of anilines is 1. The molecule has 0 saturated carbocycles. The molecule has 0 saturated heterocycles. The van der Waals surface area contributed by atoms with Gasteiger partial charge in [0.1, 0.15) is 0 Å². The van der Waals surface area contributed by atoms with E-state index in [0.29, 0.717) is 23.8 Å². The summed E-state index contributed by atoms with van der Waals surface area (Å²) in [5.41, 5.74) is 0.973. The summed E-state index contributed by atoms with van der Waals surface area (Å²) in [6.07, 6.45) is 2.69. The Balaban J connectivity index is 2.65. The summed E-state index contributed by atoms with van der Waals surface area (Å²) in [6, 6.07) is 2.22. The molecule has 1 atom stereocenters. The lowest BCUT2D eigenvalue weighted by atomic mass is 10.0. The van der Waals surface area contributed by atoms with Crippen molar-refractivity contribution in [3.05, 3.63) is 18.0 Å². The molecule has 3 nitrogen and oxygen atoms in total. The van der Waals surface area contributed by atoms with E-state index in [1.54, 1.807) is 6.20 Å². The Morgan fingerprint density at radius 1 is 1.47 bits per heavy atom. The molecule has 0 radical (unpaired) electrons. The molecule has 1 N–H and O–H groups in total. The number of aromatic nitrogens is 2. The van der Waals surface area contributed by atoms with Crippen LogP contribution in [0.1, 0.15) is 26.0 Å². The second kappa shape index (κ2) is 5.91. The average Bonchev–Trinajstić information content (AvgIpc) is 2.17. The Hall–Kier alpha value is -0.830. The summed E-state index contributed by atoms with van der Waals surface area (Å²) < 4.78 is 0. The average molecular weight is 228 g/mol. The van der Waals surface area contributed by atoms with Gasteiger partial charge >= 0.3 is 0 Å². The van der Waals surface area contributed by atoms with Gasteiger partial charge in [0.2, 0.25) is 5.95 Å². The number of nitrogens with one attached hydrogen (secondary N) is 1. The fraction of sp³-hybridized carbons (Fsp3) is 0.636. The number of halogens is 1. The minimum atomic E-state index is 0.337. The summed E-state index contributed by atoms with van der Waals surface area (Å²) in [4.78, 5) is 8.49. The topological polar surface area (TPSA) is 37.8 Å². The van der Waals surface area contributed by atoms with Crippen molar-refractivity contribution in [2.75, 3.05) is 11.2 Å². The maximum atomic E-state index is 5.76. The maximum Gasteiger partial charge on any atom is 0.223 e. The predicted octanol–water partition coefficient (Wildman–Crippen LogP) is 2.85. The van der Waals surface area contributed by atoms with Gasteiger partial charge in [0.25, 0.3) is 0 Å². The minimum Gasteiger partial charge on any atom is -0.351 e. The molecule has 1 aromatic rings. The molecule has 1 aromatic heterocycles. The minimum absolute atomic E-state index is 0.337. The van der Waals surface area contributed by atoms with E-state index in [1.807, 2.05) is 13.0 Å². The lowest BCUT2D eigenvalue weighted by Crippen LogP contribution is -2.27. The van der Waals surface area contributed by atoms with Crippen LogP contribution < -0.4 is 5.32 Å². The summed E-state index contributed by atoms with van der Waals surface area (Å²) in [5, 5.41) is 3.31. The first-order valence-corrected chi connectivity index (χ1v) is 5.79. The molecule has 0 aliphatic rings. The smallest absolute Gasteiger partial charge is 0.223 e. The molecule has 4 heteroatoms. The third-order valence-electron chi connectivity index (χ3n) is 2.33. The van der Waals surface area contributed by atoms with Crippen LogP contribution in [0.25, 0.3) is 0 Å². The van der Waals surface area contributed by atoms with E-state index in [-0.39, 0.29) is 0 Å². The molecule has 1 rings (SSSR count). The fourth-order valence-electron chi connectivity index (χ4n) is 1.37. The van der Waals surface area contributed by atoms with Crippen LogP contribution in [0.5, 0.6) is 0 Å². The van der Waals surface area contributed by atoms with Gasteiger partial charge in [-0.25, -0.2) is 9.97 Å². The van der Waals surface area contributed by atoms with Crippen molar-refractivity contribution < 1.29 is 0 Å². The van der Waals surface area contributed by atoms with Crippen molar-refractivity contribution in [3.8, 4) is 0 Å². The number of aryl methyl sites for hydroxylation is 1. The summed E-state index contributed by atoms with van der Waals surface area (Å²) >= 11 is 5.76. The van der Waals surface area contributed by atoms with Gasteiger partial charge < -0.3 is 5.32 Å². The Kier molecular flexibility index (Phi) is 4.82. The number of hydrogen-bond donors (Lipinski definition) is 1. The number of alkyl halides is 1. The molecule has 0 amide bonds. The van der Waals surface area contributed by atoms with Crippen LogP contribution in [0.2, 0.25) is 0 Å². The zero-order valence-electron chi connectivity index (χ0n) is 9.50. The highest BCUT2D eigenvalue weighted by atomic mass is 35.5. The quantitative estimate of drug-likeness (QED) is 0.787. The van der Waals surface area contributed by atoms with Crippen molar-refractivity contribution in [3.63, 3.8) is 0 Å². The van der Waals surface area contributed by atoms with Gasteiger partial charge in [0.05, 0.1) is 0 Å². The normalized spacial score (nSPS) is 12.9. The van der Waals surface area contributed by atoms with Gasteiger partial charge in [-0.1, -0.05) is 13.8 Å². The first-order valence-electron chi connectivity index (χ1n) is 5.25. The molecular formula is C11H18ClN3. The molecule has 84 valence electrons. The number of rotatable bonds is 5. The number of nitrogens with zero attached hydrogens (tertiary/aromatic N) is 2. The molecule has 15 heavy (non-hydrogen) atoms. The third kappa shape index (κ3) is 4.04. The van der Waals surface area contributed by atoms with E-state index in [9.17, 15) is 0 Å². The van der Waals surface area contributed by atoms with Gasteiger partial charge in [0.15, 0.2) is 0 Å². The van der Waals surface area contributed by atoms with Gasteiger partial charge in [-0.2, -0.15) is 0 Å². The maximum absolute atomic E-state index is 5.76. The monoisotopic (exact) mass is 227 g/mol. The van der Waals surface area contributed by atoms with Crippen molar-refractivity contribution in [2.45, 2.75) is 33.2 Å². The summed E-state index contributed by atoms with van der Waals surface area (Å²) in [6.45, 7) is 6.29. The van der Waals surface area contributed by atoms with Crippen molar-refractivity contribution >= 4 is 17.5 Å². The van der Waals surface area contributed by atoms with Gasteiger partial charge in [-0.3, -0.25) is 0 Å². The zero-order valence-corrected chi connectivity index (χ0v) is 10.3.